The van der Waals surface area contributed by atoms with Crippen LogP contribution in [0.5, 0.6) is 5.75 Å². The van der Waals surface area contributed by atoms with Crippen LogP contribution in [-0.2, 0) is 16.0 Å². The van der Waals surface area contributed by atoms with Gasteiger partial charge < -0.3 is 20.1 Å². The lowest BCUT2D eigenvalue weighted by atomic mass is 10.00. The van der Waals surface area contributed by atoms with Gasteiger partial charge in [0.15, 0.2) is 11.6 Å². The van der Waals surface area contributed by atoms with Crippen molar-refractivity contribution in [3.05, 3.63) is 138 Å². The number of Topliss-reactive ketones (excluding diaryl/α,β-unsaturated/α-hetero) is 1. The van der Waals surface area contributed by atoms with Crippen molar-refractivity contribution in [2.24, 2.45) is 0 Å². The summed E-state index contributed by atoms with van der Waals surface area (Å²) in [7, 11) is 1.35. The number of anilines is 2. The number of ketones is 2. The van der Waals surface area contributed by atoms with Crippen molar-refractivity contribution < 1.29 is 23.9 Å². The molecule has 0 fully saturated rings. The van der Waals surface area contributed by atoms with Crippen molar-refractivity contribution in [2.75, 3.05) is 30.9 Å². The molecule has 0 spiro atoms. The maximum absolute atomic E-state index is 13.2. The Balaban J connectivity index is 1.33. The first-order chi connectivity index (χ1) is 20.9. The first kappa shape index (κ1) is 30.8. The van der Waals surface area contributed by atoms with Gasteiger partial charge in [-0.05, 0) is 60.9 Å². The van der Waals surface area contributed by atoms with E-state index in [1.807, 2.05) is 66.7 Å². The molecule has 0 aliphatic rings. The number of hydrogen-bond acceptors (Lipinski definition) is 7. The average Bonchev–Trinajstić information content (AvgIpc) is 3.04. The van der Waals surface area contributed by atoms with Gasteiger partial charge in [0.25, 0.3) is 0 Å². The molecule has 0 aromatic heterocycles. The van der Waals surface area contributed by atoms with Gasteiger partial charge in [-0.25, -0.2) is 4.79 Å². The molecule has 43 heavy (non-hydrogen) atoms. The fourth-order valence-electron chi connectivity index (χ4n) is 4.58. The number of esters is 1. The Morgan fingerprint density at radius 1 is 0.791 bits per heavy atom. The highest BCUT2D eigenvalue weighted by atomic mass is 16.5. The zero-order valence-electron chi connectivity index (χ0n) is 24.5. The molecule has 0 amide bonds. The van der Waals surface area contributed by atoms with Gasteiger partial charge in [-0.3, -0.25) is 9.59 Å². The van der Waals surface area contributed by atoms with Crippen LogP contribution < -0.4 is 15.4 Å². The summed E-state index contributed by atoms with van der Waals surface area (Å²) < 4.78 is 11.0. The molecule has 7 nitrogen and oxygen atoms in total. The van der Waals surface area contributed by atoms with Gasteiger partial charge in [0.05, 0.1) is 13.7 Å². The number of hydrogen-bond donors (Lipinski definition) is 2. The lowest BCUT2D eigenvalue weighted by molar-refractivity contribution is -0.141. The molecule has 1 unspecified atom stereocenters. The minimum atomic E-state index is -0.702. The SMILES string of the molecule is C=C(C)C(=O)c1ccccc1NCCCOc1ccc(CC(Nc2ccccc2C(=O)c2ccccc2)C(=O)OC)cc1. The van der Waals surface area contributed by atoms with Crippen LogP contribution in [0.4, 0.5) is 11.4 Å². The highest BCUT2D eigenvalue weighted by Crippen LogP contribution is 2.23. The Morgan fingerprint density at radius 2 is 1.42 bits per heavy atom. The summed E-state index contributed by atoms with van der Waals surface area (Å²) in [6, 6.07) is 30.4. The maximum atomic E-state index is 13.2. The van der Waals surface area contributed by atoms with Crippen LogP contribution in [-0.4, -0.2) is 43.8 Å². The van der Waals surface area contributed by atoms with Crippen LogP contribution in [0.2, 0.25) is 0 Å². The largest absolute Gasteiger partial charge is 0.494 e. The number of nitrogens with one attached hydrogen (secondary N) is 2. The number of benzene rings is 4. The van der Waals surface area contributed by atoms with Crippen molar-refractivity contribution in [2.45, 2.75) is 25.8 Å². The molecule has 220 valence electrons. The molecule has 0 saturated carbocycles. The zero-order valence-corrected chi connectivity index (χ0v) is 24.5. The molecular weight excluding hydrogens is 540 g/mol. The second-order valence-corrected chi connectivity index (χ2v) is 10.1. The summed E-state index contributed by atoms with van der Waals surface area (Å²) in [5.74, 6) is 0.0758. The molecule has 0 radical (unpaired) electrons. The topological polar surface area (TPSA) is 93.7 Å². The van der Waals surface area contributed by atoms with Crippen molar-refractivity contribution in [1.82, 2.24) is 0 Å². The minimum absolute atomic E-state index is 0.0750. The normalized spacial score (nSPS) is 11.2. The molecule has 2 N–H and O–H groups in total. The van der Waals surface area contributed by atoms with E-state index in [9.17, 15) is 14.4 Å². The Bertz CT molecular complexity index is 1560. The lowest BCUT2D eigenvalue weighted by Crippen LogP contribution is -2.33. The summed E-state index contributed by atoms with van der Waals surface area (Å²) in [6.45, 7) is 6.59. The van der Waals surface area contributed by atoms with Crippen LogP contribution in [0.3, 0.4) is 0 Å². The quantitative estimate of drug-likeness (QED) is 0.0699. The van der Waals surface area contributed by atoms with Crippen LogP contribution in [0.15, 0.2) is 115 Å². The molecular formula is C36H36N2O5. The number of para-hydroxylation sites is 2. The number of rotatable bonds is 15. The summed E-state index contributed by atoms with van der Waals surface area (Å²) in [4.78, 5) is 38.2. The van der Waals surface area contributed by atoms with Crippen LogP contribution in [0.25, 0.3) is 0 Å². The third-order valence-corrected chi connectivity index (χ3v) is 6.85. The zero-order chi connectivity index (χ0) is 30.6. The maximum Gasteiger partial charge on any atom is 0.328 e. The van der Waals surface area contributed by atoms with Gasteiger partial charge in [0, 0.05) is 41.0 Å². The molecule has 7 heteroatoms. The van der Waals surface area contributed by atoms with Crippen molar-refractivity contribution >= 4 is 28.9 Å². The molecule has 0 aliphatic carbocycles. The van der Waals surface area contributed by atoms with Gasteiger partial charge in [-0.1, -0.05) is 73.3 Å². The summed E-state index contributed by atoms with van der Waals surface area (Å²) in [5.41, 5.74) is 4.40. The lowest BCUT2D eigenvalue weighted by Gasteiger charge is -2.20. The van der Waals surface area contributed by atoms with Crippen molar-refractivity contribution in [3.63, 3.8) is 0 Å². The number of carbonyl (C=O) groups excluding carboxylic acids is 3. The summed E-state index contributed by atoms with van der Waals surface area (Å²) in [5, 5.41) is 6.54. The predicted molar refractivity (Wildman–Crippen MR) is 170 cm³/mol. The van der Waals surface area contributed by atoms with E-state index in [0.29, 0.717) is 53.3 Å². The summed E-state index contributed by atoms with van der Waals surface area (Å²) in [6.07, 6.45) is 1.08. The summed E-state index contributed by atoms with van der Waals surface area (Å²) >= 11 is 0. The Hall–Kier alpha value is -5.17. The molecule has 4 aromatic carbocycles. The van der Waals surface area contributed by atoms with Gasteiger partial charge in [0.2, 0.25) is 0 Å². The standard InChI is InChI=1S/C36H36N2O5/c1-25(2)34(39)29-14-7-9-16-31(29)37-22-11-23-43-28-20-18-26(19-21-28)24-33(36(41)42-3)38-32-17-10-8-15-30(32)35(40)27-12-5-4-6-13-27/h4-10,12-21,33,37-38H,1,11,22-24H2,2-3H3. The second kappa shape index (κ2) is 15.2. The number of ether oxygens (including phenoxy) is 2. The Morgan fingerprint density at radius 3 is 2.09 bits per heavy atom. The van der Waals surface area contributed by atoms with E-state index in [0.717, 1.165) is 17.7 Å². The first-order valence-corrected chi connectivity index (χ1v) is 14.2. The Labute approximate surface area is 252 Å². The minimum Gasteiger partial charge on any atom is -0.494 e. The van der Waals surface area contributed by atoms with Gasteiger partial charge in [-0.15, -0.1) is 0 Å². The highest BCUT2D eigenvalue weighted by molar-refractivity contribution is 6.12. The number of allylic oxidation sites excluding steroid dienone is 1. The van der Waals surface area contributed by atoms with Crippen LogP contribution in [0.1, 0.15) is 45.2 Å². The average molecular weight is 577 g/mol. The molecule has 4 aromatic rings. The highest BCUT2D eigenvalue weighted by Gasteiger charge is 2.22. The van der Waals surface area contributed by atoms with E-state index in [4.69, 9.17) is 9.47 Å². The monoisotopic (exact) mass is 576 g/mol. The molecule has 0 heterocycles. The van der Waals surface area contributed by atoms with Crippen molar-refractivity contribution in [3.8, 4) is 5.75 Å². The first-order valence-electron chi connectivity index (χ1n) is 14.2. The molecule has 0 aliphatic heterocycles. The van der Waals surface area contributed by atoms with E-state index in [-0.39, 0.29) is 11.6 Å². The molecule has 0 bridgehead atoms. The van der Waals surface area contributed by atoms with Gasteiger partial charge in [-0.2, -0.15) is 0 Å². The van der Waals surface area contributed by atoms with E-state index in [1.165, 1.54) is 7.11 Å². The van der Waals surface area contributed by atoms with Crippen LogP contribution >= 0.6 is 0 Å². The third-order valence-electron chi connectivity index (χ3n) is 6.85. The molecule has 4 rings (SSSR count). The van der Waals surface area contributed by atoms with E-state index in [2.05, 4.69) is 17.2 Å². The predicted octanol–water partition coefficient (Wildman–Crippen LogP) is 6.75. The van der Waals surface area contributed by atoms with Crippen molar-refractivity contribution in [1.29, 1.82) is 0 Å². The number of methoxy groups -OCH3 is 1. The van der Waals surface area contributed by atoms with E-state index < -0.39 is 12.0 Å². The fourth-order valence-corrected chi connectivity index (χ4v) is 4.58. The molecule has 1 atom stereocenters. The Kier molecular flexibility index (Phi) is 10.9. The number of carbonyl (C=O) groups is 3. The second-order valence-electron chi connectivity index (χ2n) is 10.1. The molecule has 0 saturated heterocycles. The smallest absolute Gasteiger partial charge is 0.328 e. The van der Waals surface area contributed by atoms with E-state index in [1.54, 1.807) is 43.3 Å². The van der Waals surface area contributed by atoms with Crippen LogP contribution in [0, 0.1) is 0 Å². The third kappa shape index (κ3) is 8.42. The van der Waals surface area contributed by atoms with E-state index >= 15 is 0 Å². The van der Waals surface area contributed by atoms with Gasteiger partial charge >= 0.3 is 5.97 Å². The fraction of sp³-hybridized carbons (Fsp3) is 0.194. The van der Waals surface area contributed by atoms with Gasteiger partial charge in [0.1, 0.15) is 11.8 Å².